The minimum Gasteiger partial charge on any atom is -0.462 e. The SMILES string of the molecule is Bc1cc(C(=O)OCC)c2[nH]cnc2c1. The fourth-order valence-corrected chi connectivity index (χ4v) is 1.56. The van der Waals surface area contributed by atoms with Gasteiger partial charge in [-0.3, -0.25) is 0 Å². The Balaban J connectivity index is 2.57. The molecular weight excluding hydrogens is 191 g/mol. The Morgan fingerprint density at radius 1 is 1.60 bits per heavy atom. The predicted octanol–water partition coefficient (Wildman–Crippen LogP) is -0.00200. The van der Waals surface area contributed by atoms with E-state index in [-0.39, 0.29) is 5.97 Å². The van der Waals surface area contributed by atoms with E-state index in [1.165, 1.54) is 0 Å². The van der Waals surface area contributed by atoms with Crippen LogP contribution in [0.4, 0.5) is 0 Å². The molecule has 2 aromatic rings. The molecule has 4 nitrogen and oxygen atoms in total. The Bertz CT molecular complexity index is 507. The van der Waals surface area contributed by atoms with Crippen molar-refractivity contribution in [2.75, 3.05) is 6.61 Å². The van der Waals surface area contributed by atoms with Gasteiger partial charge in [0, 0.05) is 0 Å². The van der Waals surface area contributed by atoms with Gasteiger partial charge in [-0.2, -0.15) is 0 Å². The average molecular weight is 202 g/mol. The number of aromatic amines is 1. The second-order valence-corrected chi connectivity index (χ2v) is 3.33. The highest BCUT2D eigenvalue weighted by molar-refractivity contribution is 6.33. The maximum atomic E-state index is 11.6. The topological polar surface area (TPSA) is 55.0 Å². The lowest BCUT2D eigenvalue weighted by atomic mass is 9.93. The first kappa shape index (κ1) is 9.77. The molecular formula is C10H11BN2O2. The first-order valence-corrected chi connectivity index (χ1v) is 4.83. The molecule has 1 aromatic heterocycles. The van der Waals surface area contributed by atoms with Gasteiger partial charge in [0.05, 0.1) is 29.5 Å². The van der Waals surface area contributed by atoms with Crippen LogP contribution in [0, 0.1) is 0 Å². The summed E-state index contributed by atoms with van der Waals surface area (Å²) in [6, 6.07) is 3.73. The van der Waals surface area contributed by atoms with Crippen LogP contribution in [0.1, 0.15) is 17.3 Å². The highest BCUT2D eigenvalue weighted by atomic mass is 16.5. The molecule has 0 spiro atoms. The van der Waals surface area contributed by atoms with Crippen molar-refractivity contribution in [1.82, 2.24) is 9.97 Å². The van der Waals surface area contributed by atoms with Crippen LogP contribution < -0.4 is 5.46 Å². The lowest BCUT2D eigenvalue weighted by molar-refractivity contribution is 0.0528. The Kier molecular flexibility index (Phi) is 2.45. The molecule has 0 aliphatic heterocycles. The molecule has 0 unspecified atom stereocenters. The number of imidazole rings is 1. The van der Waals surface area contributed by atoms with E-state index in [0.717, 1.165) is 16.5 Å². The molecule has 0 saturated carbocycles. The van der Waals surface area contributed by atoms with E-state index in [9.17, 15) is 4.79 Å². The molecule has 1 N–H and O–H groups in total. The van der Waals surface area contributed by atoms with E-state index in [1.807, 2.05) is 13.9 Å². The number of aromatic nitrogens is 2. The van der Waals surface area contributed by atoms with Crippen LogP contribution in [0.3, 0.4) is 0 Å². The van der Waals surface area contributed by atoms with Gasteiger partial charge in [-0.15, -0.1) is 0 Å². The van der Waals surface area contributed by atoms with E-state index in [0.29, 0.717) is 12.2 Å². The predicted molar refractivity (Wildman–Crippen MR) is 60.2 cm³/mol. The molecule has 0 radical (unpaired) electrons. The van der Waals surface area contributed by atoms with Crippen LogP contribution >= 0.6 is 0 Å². The molecule has 0 amide bonds. The van der Waals surface area contributed by atoms with Crippen molar-refractivity contribution in [1.29, 1.82) is 0 Å². The molecule has 0 saturated heterocycles. The van der Waals surface area contributed by atoms with Crippen LogP contribution in [0.15, 0.2) is 18.5 Å². The standard InChI is InChI=1S/C10H11BN2O2/c1-2-15-10(14)7-3-6(11)4-8-9(7)13-5-12-8/h3-5H,2,11H2,1H3,(H,12,13). The molecule has 5 heteroatoms. The first-order valence-electron chi connectivity index (χ1n) is 4.83. The summed E-state index contributed by atoms with van der Waals surface area (Å²) in [7, 11) is 1.93. The second-order valence-electron chi connectivity index (χ2n) is 3.33. The lowest BCUT2D eigenvalue weighted by Gasteiger charge is -2.03. The number of hydrogen-bond acceptors (Lipinski definition) is 3. The quantitative estimate of drug-likeness (QED) is 0.550. The summed E-state index contributed by atoms with van der Waals surface area (Å²) in [5.74, 6) is -0.310. The van der Waals surface area contributed by atoms with Crippen molar-refractivity contribution in [3.05, 3.63) is 24.0 Å². The maximum absolute atomic E-state index is 11.6. The van der Waals surface area contributed by atoms with Crippen LogP contribution in [0.5, 0.6) is 0 Å². The monoisotopic (exact) mass is 202 g/mol. The van der Waals surface area contributed by atoms with Crippen LogP contribution in [0.25, 0.3) is 11.0 Å². The van der Waals surface area contributed by atoms with Crippen LogP contribution in [-0.2, 0) is 4.74 Å². The normalized spacial score (nSPS) is 10.5. The number of benzene rings is 1. The minimum absolute atomic E-state index is 0.310. The van der Waals surface area contributed by atoms with Crippen molar-refractivity contribution in [3.8, 4) is 0 Å². The van der Waals surface area contributed by atoms with Gasteiger partial charge < -0.3 is 9.72 Å². The molecule has 2 rings (SSSR count). The second kappa shape index (κ2) is 3.77. The summed E-state index contributed by atoms with van der Waals surface area (Å²) in [5.41, 5.74) is 3.07. The molecule has 0 aliphatic rings. The number of carbonyl (C=O) groups is 1. The Morgan fingerprint density at radius 3 is 3.13 bits per heavy atom. The highest BCUT2D eigenvalue weighted by Gasteiger charge is 2.12. The summed E-state index contributed by atoms with van der Waals surface area (Å²) in [6.45, 7) is 2.17. The summed E-state index contributed by atoms with van der Waals surface area (Å²) >= 11 is 0. The molecule has 0 bridgehead atoms. The average Bonchev–Trinajstić information content (AvgIpc) is 2.64. The van der Waals surface area contributed by atoms with E-state index in [1.54, 1.807) is 19.3 Å². The number of nitrogens with zero attached hydrogens (tertiary/aromatic N) is 1. The third kappa shape index (κ3) is 1.72. The molecule has 0 aliphatic carbocycles. The first-order chi connectivity index (χ1) is 7.22. The van der Waals surface area contributed by atoms with E-state index >= 15 is 0 Å². The molecule has 1 heterocycles. The van der Waals surface area contributed by atoms with Crippen molar-refractivity contribution in [3.63, 3.8) is 0 Å². The third-order valence-corrected chi connectivity index (χ3v) is 2.17. The molecule has 15 heavy (non-hydrogen) atoms. The fraction of sp³-hybridized carbons (Fsp3) is 0.200. The Morgan fingerprint density at radius 2 is 2.40 bits per heavy atom. The minimum atomic E-state index is -0.310. The maximum Gasteiger partial charge on any atom is 0.340 e. The van der Waals surface area contributed by atoms with Gasteiger partial charge in [-0.1, -0.05) is 11.5 Å². The van der Waals surface area contributed by atoms with E-state index in [2.05, 4.69) is 9.97 Å². The van der Waals surface area contributed by atoms with Crippen LogP contribution in [-0.4, -0.2) is 30.4 Å². The highest BCUT2D eigenvalue weighted by Crippen LogP contribution is 2.13. The number of esters is 1. The van der Waals surface area contributed by atoms with Gasteiger partial charge in [0.2, 0.25) is 0 Å². The van der Waals surface area contributed by atoms with Gasteiger partial charge in [0.15, 0.2) is 0 Å². The molecule has 76 valence electrons. The smallest absolute Gasteiger partial charge is 0.340 e. The molecule has 1 aromatic carbocycles. The van der Waals surface area contributed by atoms with Gasteiger partial charge in [-0.05, 0) is 13.0 Å². The molecule has 0 atom stereocenters. The van der Waals surface area contributed by atoms with Crippen LogP contribution in [0.2, 0.25) is 0 Å². The van der Waals surface area contributed by atoms with Gasteiger partial charge in [0.25, 0.3) is 0 Å². The Labute approximate surface area is 88.1 Å². The zero-order valence-electron chi connectivity index (χ0n) is 8.70. The summed E-state index contributed by atoms with van der Waals surface area (Å²) < 4.78 is 4.97. The number of nitrogens with one attached hydrogen (secondary N) is 1. The third-order valence-electron chi connectivity index (χ3n) is 2.17. The lowest BCUT2D eigenvalue weighted by Crippen LogP contribution is -2.11. The van der Waals surface area contributed by atoms with Gasteiger partial charge in [-0.25, -0.2) is 9.78 Å². The Hall–Kier alpha value is -1.78. The number of ether oxygens (including phenoxy) is 1. The van der Waals surface area contributed by atoms with Crippen molar-refractivity contribution in [2.24, 2.45) is 0 Å². The van der Waals surface area contributed by atoms with Crippen molar-refractivity contribution in [2.45, 2.75) is 6.92 Å². The number of rotatable bonds is 2. The number of H-pyrrole nitrogens is 1. The van der Waals surface area contributed by atoms with Crippen molar-refractivity contribution >= 4 is 30.3 Å². The number of hydrogen-bond donors (Lipinski definition) is 1. The summed E-state index contributed by atoms with van der Waals surface area (Å²) in [6.07, 6.45) is 1.58. The van der Waals surface area contributed by atoms with Gasteiger partial charge >= 0.3 is 5.97 Å². The number of carbonyl (C=O) groups excluding carboxylic acids is 1. The number of fused-ring (bicyclic) bond motifs is 1. The van der Waals surface area contributed by atoms with E-state index < -0.39 is 0 Å². The summed E-state index contributed by atoms with van der Waals surface area (Å²) in [5, 5.41) is 0. The summed E-state index contributed by atoms with van der Waals surface area (Å²) in [4.78, 5) is 18.7. The van der Waals surface area contributed by atoms with Gasteiger partial charge in [0.1, 0.15) is 7.85 Å². The van der Waals surface area contributed by atoms with E-state index in [4.69, 9.17) is 4.74 Å². The zero-order valence-corrected chi connectivity index (χ0v) is 8.70. The zero-order chi connectivity index (χ0) is 10.8. The largest absolute Gasteiger partial charge is 0.462 e. The van der Waals surface area contributed by atoms with Crippen molar-refractivity contribution < 1.29 is 9.53 Å². The fourth-order valence-electron chi connectivity index (χ4n) is 1.56. The molecule has 0 fully saturated rings.